The van der Waals surface area contributed by atoms with Gasteiger partial charge in [-0.1, -0.05) is 6.92 Å². The van der Waals surface area contributed by atoms with E-state index in [2.05, 4.69) is 9.97 Å². The van der Waals surface area contributed by atoms with Crippen LogP contribution in [0.3, 0.4) is 0 Å². The van der Waals surface area contributed by atoms with Crippen molar-refractivity contribution in [3.8, 4) is 0 Å². The van der Waals surface area contributed by atoms with Crippen LogP contribution in [0.1, 0.15) is 26.1 Å². The summed E-state index contributed by atoms with van der Waals surface area (Å²) in [5.74, 6) is 0.688. The molecule has 0 radical (unpaired) electrons. The first kappa shape index (κ1) is 13.5. The third-order valence-electron chi connectivity index (χ3n) is 3.43. The van der Waals surface area contributed by atoms with E-state index in [1.165, 1.54) is 10.5 Å². The maximum atomic E-state index is 12.3. The minimum Gasteiger partial charge on any atom is -0.393 e. The van der Waals surface area contributed by atoms with Gasteiger partial charge in [-0.2, -0.15) is 4.31 Å². The Morgan fingerprint density at radius 1 is 1.67 bits per heavy atom. The van der Waals surface area contributed by atoms with Crippen molar-refractivity contribution in [1.82, 2.24) is 14.3 Å². The van der Waals surface area contributed by atoms with Gasteiger partial charge in [-0.05, 0) is 19.3 Å². The van der Waals surface area contributed by atoms with Gasteiger partial charge in [-0.3, -0.25) is 0 Å². The van der Waals surface area contributed by atoms with Crippen molar-refractivity contribution >= 4 is 10.0 Å². The summed E-state index contributed by atoms with van der Waals surface area (Å²) in [7, 11) is -3.49. The monoisotopic (exact) mass is 273 g/mol. The number of imidazole rings is 1. The number of aliphatic hydroxyl groups is 1. The number of hydrogen-bond donors (Lipinski definition) is 2. The van der Waals surface area contributed by atoms with Gasteiger partial charge in [0.1, 0.15) is 5.82 Å². The zero-order valence-corrected chi connectivity index (χ0v) is 11.4. The van der Waals surface area contributed by atoms with Crippen molar-refractivity contribution in [2.24, 2.45) is 5.92 Å². The Bertz CT molecular complexity index is 509. The minimum atomic E-state index is -3.49. The van der Waals surface area contributed by atoms with Crippen LogP contribution >= 0.6 is 0 Å². The topological polar surface area (TPSA) is 86.3 Å². The first-order chi connectivity index (χ1) is 8.45. The lowest BCUT2D eigenvalue weighted by Gasteiger charge is -2.16. The van der Waals surface area contributed by atoms with Gasteiger partial charge in [0.25, 0.3) is 10.0 Å². The van der Waals surface area contributed by atoms with Gasteiger partial charge in [0, 0.05) is 19.5 Å². The molecule has 18 heavy (non-hydrogen) atoms. The number of aryl methyl sites for hydroxylation is 1. The van der Waals surface area contributed by atoms with Crippen molar-refractivity contribution in [1.29, 1.82) is 0 Å². The third kappa shape index (κ3) is 2.43. The number of sulfonamides is 1. The van der Waals surface area contributed by atoms with E-state index in [1.54, 1.807) is 6.92 Å². The van der Waals surface area contributed by atoms with Gasteiger partial charge in [-0.15, -0.1) is 0 Å². The standard InChI is InChI=1S/C11H19N3O3S/c1-3-10-12-6-11(13-10)18(16,17)14-5-4-9(7-14)8(2)15/h6,8-9,15H,3-5,7H2,1-2H3,(H,12,13). The number of rotatable bonds is 4. The predicted molar refractivity (Wildman–Crippen MR) is 66.5 cm³/mol. The number of H-pyrrole nitrogens is 1. The molecule has 0 spiro atoms. The van der Waals surface area contributed by atoms with Crippen LogP contribution in [0.15, 0.2) is 11.2 Å². The lowest BCUT2D eigenvalue weighted by atomic mass is 10.0. The summed E-state index contributed by atoms with van der Waals surface area (Å²) in [6, 6.07) is 0. The fraction of sp³-hybridized carbons (Fsp3) is 0.727. The number of aromatic nitrogens is 2. The second-order valence-electron chi connectivity index (χ2n) is 4.70. The van der Waals surface area contributed by atoms with Crippen LogP contribution in [-0.4, -0.2) is 47.0 Å². The summed E-state index contributed by atoms with van der Waals surface area (Å²) in [5.41, 5.74) is 0. The Hall–Kier alpha value is -0.920. The normalized spacial score (nSPS) is 23.4. The zero-order valence-electron chi connectivity index (χ0n) is 10.6. The molecule has 1 saturated heterocycles. The molecule has 1 aromatic heterocycles. The lowest BCUT2D eigenvalue weighted by Crippen LogP contribution is -2.30. The quantitative estimate of drug-likeness (QED) is 0.829. The molecular formula is C11H19N3O3S. The number of nitrogens with one attached hydrogen (secondary N) is 1. The van der Waals surface area contributed by atoms with Gasteiger partial charge >= 0.3 is 0 Å². The van der Waals surface area contributed by atoms with Crippen LogP contribution in [0.2, 0.25) is 0 Å². The van der Waals surface area contributed by atoms with E-state index in [4.69, 9.17) is 0 Å². The molecule has 0 bridgehead atoms. The molecule has 0 amide bonds. The Morgan fingerprint density at radius 2 is 2.39 bits per heavy atom. The number of hydrogen-bond acceptors (Lipinski definition) is 4. The smallest absolute Gasteiger partial charge is 0.260 e. The average molecular weight is 273 g/mol. The first-order valence-electron chi connectivity index (χ1n) is 6.17. The summed E-state index contributed by atoms with van der Waals surface area (Å²) >= 11 is 0. The van der Waals surface area contributed by atoms with E-state index in [1.807, 2.05) is 6.92 Å². The molecule has 1 aliphatic heterocycles. The summed E-state index contributed by atoms with van der Waals surface area (Å²) < 4.78 is 26.0. The van der Waals surface area contributed by atoms with Gasteiger partial charge in [0.05, 0.1) is 12.3 Å². The van der Waals surface area contributed by atoms with E-state index >= 15 is 0 Å². The number of aliphatic hydroxyl groups excluding tert-OH is 1. The highest BCUT2D eigenvalue weighted by molar-refractivity contribution is 7.89. The molecule has 2 N–H and O–H groups in total. The molecule has 6 nitrogen and oxygen atoms in total. The lowest BCUT2D eigenvalue weighted by molar-refractivity contribution is 0.133. The third-order valence-corrected chi connectivity index (χ3v) is 5.20. The highest BCUT2D eigenvalue weighted by Crippen LogP contribution is 2.25. The molecule has 0 aliphatic carbocycles. The van der Waals surface area contributed by atoms with Crippen molar-refractivity contribution in [2.45, 2.75) is 37.8 Å². The van der Waals surface area contributed by atoms with Crippen LogP contribution in [0, 0.1) is 5.92 Å². The second kappa shape index (κ2) is 4.99. The van der Waals surface area contributed by atoms with E-state index < -0.39 is 16.1 Å². The van der Waals surface area contributed by atoms with Gasteiger partial charge in [0.2, 0.25) is 0 Å². The zero-order chi connectivity index (χ0) is 13.3. The average Bonchev–Trinajstić information content (AvgIpc) is 2.98. The molecule has 2 heterocycles. The fourth-order valence-electron chi connectivity index (χ4n) is 2.16. The van der Waals surface area contributed by atoms with Crippen LogP contribution in [0.25, 0.3) is 0 Å². The van der Waals surface area contributed by atoms with E-state index in [0.717, 1.165) is 0 Å². The molecule has 2 rings (SSSR count). The summed E-state index contributed by atoms with van der Waals surface area (Å²) in [4.78, 5) is 6.84. The minimum absolute atomic E-state index is 0.0216. The molecule has 1 aromatic rings. The van der Waals surface area contributed by atoms with E-state index in [0.29, 0.717) is 31.8 Å². The van der Waals surface area contributed by atoms with Crippen LogP contribution < -0.4 is 0 Å². The molecule has 0 saturated carbocycles. The number of aromatic amines is 1. The molecule has 2 unspecified atom stereocenters. The Labute approximate surface area is 107 Å². The molecule has 2 atom stereocenters. The second-order valence-corrected chi connectivity index (χ2v) is 6.61. The number of nitrogens with zero attached hydrogens (tertiary/aromatic N) is 2. The molecule has 0 aromatic carbocycles. The predicted octanol–water partition coefficient (Wildman–Crippen LogP) is 0.364. The van der Waals surface area contributed by atoms with Crippen molar-refractivity contribution in [3.05, 3.63) is 12.0 Å². The summed E-state index contributed by atoms with van der Waals surface area (Å²) in [6.45, 7) is 4.44. The largest absolute Gasteiger partial charge is 0.393 e. The van der Waals surface area contributed by atoms with Crippen LogP contribution in [0.4, 0.5) is 0 Å². The molecular weight excluding hydrogens is 254 g/mol. The van der Waals surface area contributed by atoms with Gasteiger partial charge in [-0.25, -0.2) is 13.4 Å². The van der Waals surface area contributed by atoms with Crippen molar-refractivity contribution < 1.29 is 13.5 Å². The maximum Gasteiger partial charge on any atom is 0.260 e. The van der Waals surface area contributed by atoms with Crippen molar-refractivity contribution in [3.63, 3.8) is 0 Å². The highest BCUT2D eigenvalue weighted by Gasteiger charge is 2.35. The SMILES string of the molecule is CCc1ncc(S(=O)(=O)N2CCC(C(C)O)C2)[nH]1. The van der Waals surface area contributed by atoms with E-state index in [-0.39, 0.29) is 10.9 Å². The van der Waals surface area contributed by atoms with E-state index in [9.17, 15) is 13.5 Å². The Morgan fingerprint density at radius 3 is 2.89 bits per heavy atom. The van der Waals surface area contributed by atoms with Crippen molar-refractivity contribution in [2.75, 3.05) is 13.1 Å². The molecule has 1 aliphatic rings. The maximum absolute atomic E-state index is 12.3. The van der Waals surface area contributed by atoms with Gasteiger partial charge in [0.15, 0.2) is 5.03 Å². The fourth-order valence-corrected chi connectivity index (χ4v) is 3.60. The van der Waals surface area contributed by atoms with Crippen LogP contribution in [0.5, 0.6) is 0 Å². The molecule has 1 fully saturated rings. The molecule has 102 valence electrons. The summed E-state index contributed by atoms with van der Waals surface area (Å²) in [5, 5.41) is 9.65. The first-order valence-corrected chi connectivity index (χ1v) is 7.61. The van der Waals surface area contributed by atoms with Gasteiger partial charge < -0.3 is 10.1 Å². The highest BCUT2D eigenvalue weighted by atomic mass is 32.2. The van der Waals surface area contributed by atoms with Crippen LogP contribution in [-0.2, 0) is 16.4 Å². The Kier molecular flexibility index (Phi) is 3.74. The molecule has 7 heteroatoms. The Balaban J connectivity index is 2.17. The summed E-state index contributed by atoms with van der Waals surface area (Å²) in [6.07, 6.45) is 2.26.